The molecular weight excluding hydrogens is 287 g/mol. The Hall–Kier alpha value is -1.92. The van der Waals surface area contributed by atoms with Crippen LogP contribution in [-0.2, 0) is 14.4 Å². The molecule has 0 atom stereocenters. The van der Waals surface area contributed by atoms with Crippen LogP contribution in [0.5, 0.6) is 0 Å². The molecule has 21 heavy (non-hydrogen) atoms. The molecule has 1 amide bonds. The lowest BCUT2D eigenvalue weighted by molar-refractivity contribution is -0.173. The van der Waals surface area contributed by atoms with E-state index in [9.17, 15) is 27.6 Å². The van der Waals surface area contributed by atoms with Crippen molar-refractivity contribution in [3.8, 4) is 0 Å². The fraction of sp³-hybridized carbons (Fsp3) is 0.500. The lowest BCUT2D eigenvalue weighted by Gasteiger charge is -2.20. The molecule has 0 aromatic heterocycles. The fourth-order valence-electron chi connectivity index (χ4n) is 2.13. The van der Waals surface area contributed by atoms with E-state index in [0.29, 0.717) is 5.57 Å². The molecule has 0 fully saturated rings. The van der Waals surface area contributed by atoms with Crippen LogP contribution in [0.2, 0.25) is 0 Å². The third-order valence-electron chi connectivity index (χ3n) is 3.07. The molecule has 0 radical (unpaired) electrons. The van der Waals surface area contributed by atoms with Crippen molar-refractivity contribution in [1.29, 1.82) is 0 Å². The average molecular weight is 303 g/mol. The standard InChI is InChI=1S/C14H16F3NO3/c1-7(2)11-9(12(20)8(3)6-10(11)19)4-5-18-13(21)14(15,16)17/h6-7H,4-5H2,1-3H3,(H,18,21). The lowest BCUT2D eigenvalue weighted by Crippen LogP contribution is -2.37. The molecule has 1 aliphatic rings. The number of amides is 1. The third-order valence-corrected chi connectivity index (χ3v) is 3.07. The second-order valence-electron chi connectivity index (χ2n) is 5.07. The molecule has 0 bridgehead atoms. The summed E-state index contributed by atoms with van der Waals surface area (Å²) in [5.41, 5.74) is 0.728. The van der Waals surface area contributed by atoms with Gasteiger partial charge in [0.1, 0.15) is 0 Å². The Bertz CT molecular complexity index is 542. The van der Waals surface area contributed by atoms with Crippen molar-refractivity contribution in [3.05, 3.63) is 22.8 Å². The first kappa shape index (κ1) is 17.1. The van der Waals surface area contributed by atoms with E-state index in [-0.39, 0.29) is 41.6 Å². The summed E-state index contributed by atoms with van der Waals surface area (Å²) < 4.78 is 36.2. The van der Waals surface area contributed by atoms with E-state index in [1.807, 2.05) is 0 Å². The third kappa shape index (κ3) is 4.03. The van der Waals surface area contributed by atoms with Gasteiger partial charge in [-0.3, -0.25) is 14.4 Å². The van der Waals surface area contributed by atoms with E-state index in [1.165, 1.54) is 13.0 Å². The first-order valence-electron chi connectivity index (χ1n) is 6.41. The van der Waals surface area contributed by atoms with Gasteiger partial charge >= 0.3 is 12.1 Å². The van der Waals surface area contributed by atoms with Gasteiger partial charge in [-0.15, -0.1) is 0 Å². The molecule has 7 heteroatoms. The molecule has 0 spiro atoms. The molecule has 0 saturated heterocycles. The Labute approximate surface area is 120 Å². The zero-order valence-corrected chi connectivity index (χ0v) is 11.9. The first-order chi connectivity index (χ1) is 9.55. The predicted molar refractivity (Wildman–Crippen MR) is 69.3 cm³/mol. The van der Waals surface area contributed by atoms with Gasteiger partial charge < -0.3 is 5.32 Å². The van der Waals surface area contributed by atoms with Crippen molar-refractivity contribution in [1.82, 2.24) is 5.32 Å². The SMILES string of the molecule is CC1=CC(=O)C(C(C)C)=C(CCNC(=O)C(F)(F)F)C1=O. The Kier molecular flexibility index (Phi) is 5.09. The van der Waals surface area contributed by atoms with Gasteiger partial charge in [-0.1, -0.05) is 13.8 Å². The highest BCUT2D eigenvalue weighted by Gasteiger charge is 2.38. The number of alkyl halides is 3. The van der Waals surface area contributed by atoms with Crippen LogP contribution >= 0.6 is 0 Å². The van der Waals surface area contributed by atoms with E-state index in [2.05, 4.69) is 0 Å². The molecule has 0 heterocycles. The van der Waals surface area contributed by atoms with Gasteiger partial charge in [-0.2, -0.15) is 13.2 Å². The van der Waals surface area contributed by atoms with Crippen LogP contribution in [0.4, 0.5) is 13.2 Å². The number of Topliss-reactive ketones (excluding diaryl/α,β-unsaturated/α-hetero) is 1. The van der Waals surface area contributed by atoms with Gasteiger partial charge in [0, 0.05) is 23.3 Å². The second kappa shape index (κ2) is 6.24. The number of allylic oxidation sites excluding steroid dienone is 3. The second-order valence-corrected chi connectivity index (χ2v) is 5.07. The molecule has 0 aromatic carbocycles. The highest BCUT2D eigenvalue weighted by atomic mass is 19.4. The largest absolute Gasteiger partial charge is 0.471 e. The molecule has 0 aliphatic heterocycles. The minimum absolute atomic E-state index is 0.106. The number of ketones is 2. The highest BCUT2D eigenvalue weighted by Crippen LogP contribution is 2.26. The van der Waals surface area contributed by atoms with Gasteiger partial charge in [-0.05, 0) is 25.3 Å². The van der Waals surface area contributed by atoms with Crippen LogP contribution < -0.4 is 5.32 Å². The van der Waals surface area contributed by atoms with Gasteiger partial charge in [0.2, 0.25) is 0 Å². The summed E-state index contributed by atoms with van der Waals surface area (Å²) >= 11 is 0. The van der Waals surface area contributed by atoms with Crippen molar-refractivity contribution < 1.29 is 27.6 Å². The maximum atomic E-state index is 12.1. The van der Waals surface area contributed by atoms with E-state index in [1.54, 1.807) is 19.2 Å². The molecule has 4 nitrogen and oxygen atoms in total. The van der Waals surface area contributed by atoms with Crippen molar-refractivity contribution >= 4 is 17.5 Å². The number of rotatable bonds is 4. The summed E-state index contributed by atoms with van der Waals surface area (Å²) in [6.45, 7) is 4.58. The number of hydrogen-bond acceptors (Lipinski definition) is 3. The smallest absolute Gasteiger partial charge is 0.348 e. The Morgan fingerprint density at radius 1 is 1.29 bits per heavy atom. The molecule has 0 aromatic rings. The number of carbonyl (C=O) groups is 3. The highest BCUT2D eigenvalue weighted by molar-refractivity contribution is 6.22. The fourth-order valence-corrected chi connectivity index (χ4v) is 2.13. The molecule has 116 valence electrons. The number of hydrogen-bond donors (Lipinski definition) is 1. The summed E-state index contributed by atoms with van der Waals surface area (Å²) in [5.74, 6) is -2.95. The normalized spacial score (nSPS) is 16.4. The Balaban J connectivity index is 2.87. The maximum absolute atomic E-state index is 12.1. The van der Waals surface area contributed by atoms with E-state index < -0.39 is 12.1 Å². The molecule has 1 aliphatic carbocycles. The molecule has 0 unspecified atom stereocenters. The summed E-state index contributed by atoms with van der Waals surface area (Å²) in [7, 11) is 0. The summed E-state index contributed by atoms with van der Waals surface area (Å²) in [5, 5.41) is 1.70. The average Bonchev–Trinajstić information content (AvgIpc) is 2.33. The Morgan fingerprint density at radius 3 is 2.33 bits per heavy atom. The zero-order valence-electron chi connectivity index (χ0n) is 11.9. The van der Waals surface area contributed by atoms with Crippen molar-refractivity contribution in [2.24, 2.45) is 5.92 Å². The quantitative estimate of drug-likeness (QED) is 0.809. The topological polar surface area (TPSA) is 63.2 Å². The van der Waals surface area contributed by atoms with Crippen LogP contribution in [0.25, 0.3) is 0 Å². The molecule has 1 rings (SSSR count). The van der Waals surface area contributed by atoms with Crippen molar-refractivity contribution in [2.45, 2.75) is 33.4 Å². The van der Waals surface area contributed by atoms with Crippen LogP contribution in [0.15, 0.2) is 22.8 Å². The first-order valence-corrected chi connectivity index (χ1v) is 6.41. The van der Waals surface area contributed by atoms with Gasteiger partial charge in [0.25, 0.3) is 0 Å². The van der Waals surface area contributed by atoms with Crippen LogP contribution in [-0.4, -0.2) is 30.2 Å². The van der Waals surface area contributed by atoms with Gasteiger partial charge in [0.15, 0.2) is 11.6 Å². The van der Waals surface area contributed by atoms with Crippen LogP contribution in [0, 0.1) is 5.92 Å². The van der Waals surface area contributed by atoms with Gasteiger partial charge in [-0.25, -0.2) is 0 Å². The molecule has 1 N–H and O–H groups in total. The van der Waals surface area contributed by atoms with Crippen LogP contribution in [0.3, 0.4) is 0 Å². The van der Waals surface area contributed by atoms with Crippen LogP contribution in [0.1, 0.15) is 27.2 Å². The Morgan fingerprint density at radius 2 is 1.86 bits per heavy atom. The zero-order chi connectivity index (χ0) is 16.4. The number of nitrogens with one attached hydrogen (secondary N) is 1. The van der Waals surface area contributed by atoms with Crippen molar-refractivity contribution in [3.63, 3.8) is 0 Å². The van der Waals surface area contributed by atoms with Crippen molar-refractivity contribution in [2.75, 3.05) is 6.54 Å². The summed E-state index contributed by atoms with van der Waals surface area (Å²) in [6, 6.07) is 0. The number of carbonyl (C=O) groups excluding carboxylic acids is 3. The predicted octanol–water partition coefficient (Wildman–Crippen LogP) is 2.11. The van der Waals surface area contributed by atoms with Gasteiger partial charge in [0.05, 0.1) is 0 Å². The molecule has 0 saturated carbocycles. The number of halogens is 3. The van der Waals surface area contributed by atoms with E-state index >= 15 is 0 Å². The minimum Gasteiger partial charge on any atom is -0.348 e. The molecular formula is C14H16F3NO3. The van der Waals surface area contributed by atoms with E-state index in [4.69, 9.17) is 0 Å². The lowest BCUT2D eigenvalue weighted by atomic mass is 9.83. The maximum Gasteiger partial charge on any atom is 0.471 e. The minimum atomic E-state index is -4.96. The summed E-state index contributed by atoms with van der Waals surface area (Å²) in [6.07, 6.45) is -3.84. The summed E-state index contributed by atoms with van der Waals surface area (Å²) in [4.78, 5) is 34.7. The van der Waals surface area contributed by atoms with E-state index in [0.717, 1.165) is 0 Å². The monoisotopic (exact) mass is 303 g/mol.